The highest BCUT2D eigenvalue weighted by atomic mass is 32.2. The highest BCUT2D eigenvalue weighted by molar-refractivity contribution is 8.00. The molecule has 0 bridgehead atoms. The first kappa shape index (κ1) is 19.4. The minimum Gasteiger partial charge on any atom is -0.369 e. The van der Waals surface area contributed by atoms with Gasteiger partial charge in [0.2, 0.25) is 11.8 Å². The molecule has 0 spiro atoms. The minimum atomic E-state index is -0.390. The molecular formula is C20H24N4O2S. The first-order valence-corrected chi connectivity index (χ1v) is 9.84. The van der Waals surface area contributed by atoms with Crippen molar-refractivity contribution in [2.24, 2.45) is 11.5 Å². The van der Waals surface area contributed by atoms with Crippen LogP contribution < -0.4 is 16.8 Å². The molecule has 3 rings (SSSR count). The fourth-order valence-electron chi connectivity index (χ4n) is 3.33. The third-order valence-corrected chi connectivity index (χ3v) is 5.66. The number of nitrogens with two attached hydrogens (primary N) is 2. The van der Waals surface area contributed by atoms with Gasteiger partial charge in [-0.15, -0.1) is 11.8 Å². The van der Waals surface area contributed by atoms with Gasteiger partial charge in [-0.2, -0.15) is 0 Å². The molecule has 2 aromatic rings. The number of benzene rings is 2. The summed E-state index contributed by atoms with van der Waals surface area (Å²) >= 11 is 1.32. The summed E-state index contributed by atoms with van der Waals surface area (Å²) in [6.07, 6.45) is 0. The Hall–Kier alpha value is -2.35. The van der Waals surface area contributed by atoms with E-state index in [1.807, 2.05) is 42.5 Å². The van der Waals surface area contributed by atoms with Gasteiger partial charge in [0.25, 0.3) is 0 Å². The van der Waals surface area contributed by atoms with E-state index in [-0.39, 0.29) is 36.1 Å². The molecule has 1 aliphatic heterocycles. The third kappa shape index (κ3) is 5.32. The van der Waals surface area contributed by atoms with E-state index in [1.54, 1.807) is 0 Å². The Kier molecular flexibility index (Phi) is 6.49. The first-order chi connectivity index (χ1) is 13.0. The number of likely N-dealkylation sites (tertiary alicyclic amines) is 1. The molecular weight excluding hydrogens is 360 g/mol. The molecule has 27 heavy (non-hydrogen) atoms. The van der Waals surface area contributed by atoms with Gasteiger partial charge in [0.1, 0.15) is 0 Å². The van der Waals surface area contributed by atoms with E-state index in [0.29, 0.717) is 12.2 Å². The molecule has 7 heteroatoms. The molecule has 1 heterocycles. The maximum Gasteiger partial charge on any atom is 0.238 e. The smallest absolute Gasteiger partial charge is 0.238 e. The van der Waals surface area contributed by atoms with Gasteiger partial charge in [0.15, 0.2) is 0 Å². The second-order valence-electron chi connectivity index (χ2n) is 6.67. The van der Waals surface area contributed by atoms with Gasteiger partial charge in [-0.05, 0) is 17.7 Å². The number of hydrogen-bond acceptors (Lipinski definition) is 5. The quantitative estimate of drug-likeness (QED) is 0.630. The van der Waals surface area contributed by atoms with Crippen molar-refractivity contribution in [2.45, 2.75) is 16.9 Å². The highest BCUT2D eigenvalue weighted by Gasteiger charge is 2.32. The van der Waals surface area contributed by atoms with Crippen molar-refractivity contribution in [3.05, 3.63) is 60.2 Å². The first-order valence-electron chi connectivity index (χ1n) is 8.86. The van der Waals surface area contributed by atoms with Crippen LogP contribution in [0.25, 0.3) is 0 Å². The number of thioether (sulfide) groups is 1. The molecule has 0 aliphatic carbocycles. The van der Waals surface area contributed by atoms with Crippen molar-refractivity contribution < 1.29 is 9.59 Å². The van der Waals surface area contributed by atoms with E-state index < -0.39 is 0 Å². The average molecular weight is 385 g/mol. The van der Waals surface area contributed by atoms with Gasteiger partial charge in [0.05, 0.1) is 18.0 Å². The van der Waals surface area contributed by atoms with Crippen LogP contribution in [0.5, 0.6) is 0 Å². The standard InChI is InChI=1S/C20H24N4O2S/c21-16-11-24(10-15(16)14-6-2-1-3-7-14)12-20(26)23-17-8-4-5-9-18(17)27-13-19(22)25/h1-9,15-16H,10-13,21H2,(H2,22,25)(H,23,26)/t15-,16+/m0/s1. The highest BCUT2D eigenvalue weighted by Crippen LogP contribution is 2.28. The molecule has 6 nitrogen and oxygen atoms in total. The van der Waals surface area contributed by atoms with Crippen LogP contribution in [-0.2, 0) is 9.59 Å². The zero-order valence-corrected chi connectivity index (χ0v) is 15.8. The van der Waals surface area contributed by atoms with E-state index in [4.69, 9.17) is 11.5 Å². The monoisotopic (exact) mass is 384 g/mol. The molecule has 0 saturated carbocycles. The fourth-order valence-corrected chi connectivity index (χ4v) is 4.08. The lowest BCUT2D eigenvalue weighted by atomic mass is 9.95. The topological polar surface area (TPSA) is 101 Å². The fraction of sp³-hybridized carbons (Fsp3) is 0.300. The SMILES string of the molecule is NC(=O)CSc1ccccc1NC(=O)CN1C[C@@H](N)[C@H](c2ccccc2)C1. The second kappa shape index (κ2) is 9.03. The number of nitrogens with zero attached hydrogens (tertiary/aromatic N) is 1. The average Bonchev–Trinajstić information content (AvgIpc) is 3.01. The second-order valence-corrected chi connectivity index (χ2v) is 7.69. The molecule has 1 aliphatic rings. The number of hydrogen-bond donors (Lipinski definition) is 3. The Bertz CT molecular complexity index is 800. The maximum atomic E-state index is 12.5. The van der Waals surface area contributed by atoms with Crippen LogP contribution in [0.3, 0.4) is 0 Å². The Morgan fingerprint density at radius 2 is 1.78 bits per heavy atom. The number of nitrogens with one attached hydrogen (secondary N) is 1. The summed E-state index contributed by atoms with van der Waals surface area (Å²) in [5.74, 6) is -0.0772. The van der Waals surface area contributed by atoms with E-state index in [1.165, 1.54) is 17.3 Å². The van der Waals surface area contributed by atoms with Crippen molar-refractivity contribution in [2.75, 3.05) is 30.7 Å². The van der Waals surface area contributed by atoms with Gasteiger partial charge >= 0.3 is 0 Å². The van der Waals surface area contributed by atoms with Gasteiger partial charge in [-0.1, -0.05) is 42.5 Å². The van der Waals surface area contributed by atoms with E-state index in [0.717, 1.165) is 11.4 Å². The third-order valence-electron chi connectivity index (χ3n) is 4.57. The summed E-state index contributed by atoms with van der Waals surface area (Å²) in [5, 5.41) is 2.94. The number of carbonyl (C=O) groups is 2. The predicted molar refractivity (Wildman–Crippen MR) is 109 cm³/mol. The van der Waals surface area contributed by atoms with Crippen molar-refractivity contribution in [1.29, 1.82) is 0 Å². The van der Waals surface area contributed by atoms with Crippen LogP contribution in [0.4, 0.5) is 5.69 Å². The molecule has 5 N–H and O–H groups in total. The zero-order chi connectivity index (χ0) is 19.2. The Morgan fingerprint density at radius 3 is 2.52 bits per heavy atom. The van der Waals surface area contributed by atoms with Crippen LogP contribution in [-0.4, -0.2) is 48.1 Å². The number of primary amides is 1. The Morgan fingerprint density at radius 1 is 1.07 bits per heavy atom. The van der Waals surface area contributed by atoms with Crippen LogP contribution in [0.1, 0.15) is 11.5 Å². The van der Waals surface area contributed by atoms with E-state index in [2.05, 4.69) is 22.3 Å². The Balaban J connectivity index is 1.58. The van der Waals surface area contributed by atoms with E-state index in [9.17, 15) is 9.59 Å². The molecule has 0 radical (unpaired) electrons. The number of amides is 2. The molecule has 2 aromatic carbocycles. The summed E-state index contributed by atoms with van der Waals surface area (Å²) in [7, 11) is 0. The van der Waals surface area contributed by atoms with Crippen molar-refractivity contribution >= 4 is 29.3 Å². The number of para-hydroxylation sites is 1. The summed E-state index contributed by atoms with van der Waals surface area (Å²) in [6, 6.07) is 17.6. The normalized spacial score (nSPS) is 19.7. The van der Waals surface area contributed by atoms with Crippen LogP contribution in [0, 0.1) is 0 Å². The minimum absolute atomic E-state index is 0.0126. The lowest BCUT2D eigenvalue weighted by Crippen LogP contribution is -2.33. The van der Waals surface area contributed by atoms with Gasteiger partial charge < -0.3 is 16.8 Å². The van der Waals surface area contributed by atoms with Gasteiger partial charge in [-0.3, -0.25) is 14.5 Å². The number of rotatable bonds is 7. The molecule has 0 unspecified atom stereocenters. The van der Waals surface area contributed by atoms with Crippen LogP contribution in [0.15, 0.2) is 59.5 Å². The summed E-state index contributed by atoms with van der Waals surface area (Å²) < 4.78 is 0. The van der Waals surface area contributed by atoms with Crippen molar-refractivity contribution in [3.8, 4) is 0 Å². The number of carbonyl (C=O) groups excluding carboxylic acids is 2. The van der Waals surface area contributed by atoms with Gasteiger partial charge in [0, 0.05) is 29.9 Å². The number of anilines is 1. The van der Waals surface area contributed by atoms with Crippen molar-refractivity contribution in [3.63, 3.8) is 0 Å². The molecule has 0 aromatic heterocycles. The molecule has 2 amide bonds. The maximum absolute atomic E-state index is 12.5. The molecule has 142 valence electrons. The van der Waals surface area contributed by atoms with Crippen LogP contribution in [0.2, 0.25) is 0 Å². The zero-order valence-electron chi connectivity index (χ0n) is 15.0. The predicted octanol–water partition coefficient (Wildman–Crippen LogP) is 1.63. The summed E-state index contributed by atoms with van der Waals surface area (Å²) in [4.78, 5) is 26.4. The molecule has 2 atom stereocenters. The largest absolute Gasteiger partial charge is 0.369 e. The summed E-state index contributed by atoms with van der Waals surface area (Å²) in [6.45, 7) is 1.73. The van der Waals surface area contributed by atoms with E-state index >= 15 is 0 Å². The van der Waals surface area contributed by atoms with Crippen molar-refractivity contribution in [1.82, 2.24) is 4.90 Å². The van der Waals surface area contributed by atoms with Gasteiger partial charge in [-0.25, -0.2) is 0 Å². The summed E-state index contributed by atoms with van der Waals surface area (Å²) in [5.41, 5.74) is 13.4. The van der Waals surface area contributed by atoms with Crippen LogP contribution >= 0.6 is 11.8 Å². The molecule has 1 saturated heterocycles. The Labute approximate surface area is 163 Å². The lowest BCUT2D eigenvalue weighted by Gasteiger charge is -2.16. The lowest BCUT2D eigenvalue weighted by molar-refractivity contribution is -0.117. The molecule has 1 fully saturated rings.